The molecular weight excluding hydrogens is 369 g/mol. The molecule has 0 bridgehead atoms. The highest BCUT2D eigenvalue weighted by molar-refractivity contribution is 6.32. The van der Waals surface area contributed by atoms with Crippen LogP contribution in [0.3, 0.4) is 0 Å². The molecule has 0 spiro atoms. The van der Waals surface area contributed by atoms with Crippen molar-refractivity contribution in [3.05, 3.63) is 52.6 Å². The molecule has 27 heavy (non-hydrogen) atoms. The summed E-state index contributed by atoms with van der Waals surface area (Å²) in [5.41, 5.74) is 1.60. The summed E-state index contributed by atoms with van der Waals surface area (Å²) in [6, 6.07) is 3.08. The van der Waals surface area contributed by atoms with Crippen LogP contribution in [0.5, 0.6) is 5.75 Å². The first-order chi connectivity index (χ1) is 12.9. The van der Waals surface area contributed by atoms with Crippen LogP contribution in [0.25, 0.3) is 6.08 Å². The van der Waals surface area contributed by atoms with E-state index in [9.17, 15) is 9.18 Å². The first kappa shape index (κ1) is 19.4. The van der Waals surface area contributed by atoms with Crippen molar-refractivity contribution in [2.45, 2.75) is 39.3 Å². The number of benzene rings is 1. The minimum absolute atomic E-state index is 0.0677. The van der Waals surface area contributed by atoms with Crippen LogP contribution in [0, 0.1) is 11.7 Å². The van der Waals surface area contributed by atoms with Crippen molar-refractivity contribution in [1.29, 1.82) is 0 Å². The Balaban J connectivity index is 1.62. The first-order valence-electron chi connectivity index (χ1n) is 8.99. The average Bonchev–Trinajstić information content (AvgIpc) is 3.30. The molecule has 1 aromatic heterocycles. The van der Waals surface area contributed by atoms with Gasteiger partial charge in [-0.15, -0.1) is 0 Å². The number of amides is 1. The molecule has 1 fully saturated rings. The Morgan fingerprint density at radius 1 is 1.52 bits per heavy atom. The summed E-state index contributed by atoms with van der Waals surface area (Å²) in [6.07, 6.45) is 9.59. The lowest BCUT2D eigenvalue weighted by atomic mass is 10.2. The van der Waals surface area contributed by atoms with Crippen LogP contribution in [0.4, 0.5) is 4.39 Å². The van der Waals surface area contributed by atoms with Gasteiger partial charge in [0.15, 0.2) is 11.6 Å². The molecule has 0 aliphatic heterocycles. The summed E-state index contributed by atoms with van der Waals surface area (Å²) in [6.45, 7) is 4.28. The average molecular weight is 392 g/mol. The van der Waals surface area contributed by atoms with Crippen LogP contribution < -0.4 is 10.1 Å². The molecule has 7 heteroatoms. The van der Waals surface area contributed by atoms with Crippen LogP contribution in [-0.4, -0.2) is 28.3 Å². The van der Waals surface area contributed by atoms with Gasteiger partial charge in [-0.05, 0) is 43.4 Å². The molecule has 1 heterocycles. The Morgan fingerprint density at radius 3 is 2.96 bits per heavy atom. The smallest absolute Gasteiger partial charge is 0.217 e. The number of carbonyl (C=O) groups excluding carboxylic acids is 1. The van der Waals surface area contributed by atoms with Crippen LogP contribution >= 0.6 is 11.6 Å². The fourth-order valence-electron chi connectivity index (χ4n) is 2.69. The molecule has 1 saturated carbocycles. The molecule has 144 valence electrons. The van der Waals surface area contributed by atoms with E-state index in [1.54, 1.807) is 16.9 Å². The predicted octanol–water partition coefficient (Wildman–Crippen LogP) is 4.05. The van der Waals surface area contributed by atoms with E-state index in [1.165, 1.54) is 13.0 Å². The molecule has 5 nitrogen and oxygen atoms in total. The second-order valence-corrected chi connectivity index (χ2v) is 7.37. The number of halogens is 2. The normalized spacial score (nSPS) is 15.1. The molecular formula is C20H23ClFN3O2. The molecule has 1 aliphatic carbocycles. The number of hydrogen-bond donors (Lipinski definition) is 1. The lowest BCUT2D eigenvalue weighted by Crippen LogP contribution is -2.28. The van der Waals surface area contributed by atoms with Crippen LogP contribution in [-0.2, 0) is 11.3 Å². The third-order valence-corrected chi connectivity index (χ3v) is 4.51. The van der Waals surface area contributed by atoms with E-state index >= 15 is 0 Å². The fraction of sp³-hybridized carbons (Fsp3) is 0.400. The van der Waals surface area contributed by atoms with Gasteiger partial charge in [-0.3, -0.25) is 9.48 Å². The van der Waals surface area contributed by atoms with Crippen LogP contribution in [0.1, 0.15) is 37.8 Å². The lowest BCUT2D eigenvalue weighted by Gasteiger charge is -2.11. The maximum atomic E-state index is 14.3. The zero-order valence-electron chi connectivity index (χ0n) is 15.4. The number of nitrogens with one attached hydrogen (secondary N) is 1. The van der Waals surface area contributed by atoms with Crippen LogP contribution in [0.2, 0.25) is 5.02 Å². The Morgan fingerprint density at radius 2 is 2.30 bits per heavy atom. The highest BCUT2D eigenvalue weighted by Crippen LogP contribution is 2.34. The molecule has 3 rings (SSSR count). The summed E-state index contributed by atoms with van der Waals surface area (Å²) >= 11 is 6.20. The Bertz CT molecular complexity index is 822. The predicted molar refractivity (Wildman–Crippen MR) is 103 cm³/mol. The van der Waals surface area contributed by atoms with E-state index in [1.807, 2.05) is 25.3 Å². The van der Waals surface area contributed by atoms with Crippen molar-refractivity contribution >= 4 is 23.6 Å². The van der Waals surface area contributed by atoms with Gasteiger partial charge in [-0.2, -0.15) is 5.10 Å². The summed E-state index contributed by atoms with van der Waals surface area (Å²) in [5.74, 6) is 0.133. The maximum Gasteiger partial charge on any atom is 0.217 e. The van der Waals surface area contributed by atoms with Crippen molar-refractivity contribution in [1.82, 2.24) is 15.1 Å². The number of hydrogen-bond acceptors (Lipinski definition) is 3. The van der Waals surface area contributed by atoms with E-state index in [4.69, 9.17) is 16.3 Å². The van der Waals surface area contributed by atoms with Crippen molar-refractivity contribution in [2.24, 2.45) is 5.92 Å². The van der Waals surface area contributed by atoms with Gasteiger partial charge in [0.25, 0.3) is 0 Å². The highest BCUT2D eigenvalue weighted by Gasteiger charge is 2.23. The van der Waals surface area contributed by atoms with Gasteiger partial charge in [0.2, 0.25) is 5.91 Å². The Kier molecular flexibility index (Phi) is 6.16. The first-order valence-corrected chi connectivity index (χ1v) is 9.37. The minimum Gasteiger partial charge on any atom is -0.489 e. The highest BCUT2D eigenvalue weighted by atomic mass is 35.5. The van der Waals surface area contributed by atoms with E-state index in [-0.39, 0.29) is 22.7 Å². The van der Waals surface area contributed by atoms with Gasteiger partial charge in [-0.25, -0.2) is 4.39 Å². The number of rotatable bonds is 8. The molecule has 1 aliphatic rings. The van der Waals surface area contributed by atoms with Gasteiger partial charge >= 0.3 is 0 Å². The molecule has 1 amide bonds. The Labute approximate surface area is 163 Å². The van der Waals surface area contributed by atoms with E-state index in [0.717, 1.165) is 18.4 Å². The third kappa shape index (κ3) is 5.82. The second kappa shape index (κ2) is 8.57. The number of nitrogens with zero attached hydrogens (tertiary/aromatic N) is 2. The summed E-state index contributed by atoms with van der Waals surface area (Å²) in [4.78, 5) is 11.0. The van der Waals surface area contributed by atoms with Crippen molar-refractivity contribution in [2.75, 3.05) is 6.61 Å². The number of carbonyl (C=O) groups is 1. The van der Waals surface area contributed by atoms with Gasteiger partial charge in [0, 0.05) is 24.7 Å². The Hall–Kier alpha value is -2.34. The molecule has 0 unspecified atom stereocenters. The lowest BCUT2D eigenvalue weighted by molar-refractivity contribution is -0.119. The summed E-state index contributed by atoms with van der Waals surface area (Å²) in [5, 5.41) is 7.34. The zero-order valence-corrected chi connectivity index (χ0v) is 16.2. The maximum absolute atomic E-state index is 14.3. The third-order valence-electron chi connectivity index (χ3n) is 4.22. The SMILES string of the molecule is CC(=O)N[C@@H](C)C=Cc1cnn(Cc2cc(F)c(OCC3CC3)c(Cl)c2)c1. The topological polar surface area (TPSA) is 56.2 Å². The monoisotopic (exact) mass is 391 g/mol. The van der Waals surface area contributed by atoms with Crippen molar-refractivity contribution in [3.8, 4) is 5.75 Å². The number of ether oxygens (including phenoxy) is 1. The second-order valence-electron chi connectivity index (χ2n) is 6.96. The van der Waals surface area contributed by atoms with E-state index < -0.39 is 5.82 Å². The molecule has 1 atom stereocenters. The van der Waals surface area contributed by atoms with Crippen molar-refractivity contribution < 1.29 is 13.9 Å². The summed E-state index contributed by atoms with van der Waals surface area (Å²) < 4.78 is 21.5. The molecule has 0 radical (unpaired) electrons. The standard InChI is InChI=1S/C20H23ClFN3O2/c1-13(24-14(2)26)3-4-16-9-23-25(10-16)11-17-7-18(21)20(19(22)8-17)27-12-15-5-6-15/h3-4,7-10,13,15H,5-6,11-12H2,1-2H3,(H,24,26)/t13-/m0/s1. The van der Waals surface area contributed by atoms with E-state index in [0.29, 0.717) is 24.6 Å². The molecule has 0 saturated heterocycles. The molecule has 1 aromatic carbocycles. The van der Waals surface area contributed by atoms with E-state index in [2.05, 4.69) is 10.4 Å². The van der Waals surface area contributed by atoms with Crippen LogP contribution in [0.15, 0.2) is 30.6 Å². The van der Waals surface area contributed by atoms with Gasteiger partial charge in [0.05, 0.1) is 24.4 Å². The largest absolute Gasteiger partial charge is 0.489 e. The van der Waals surface area contributed by atoms with Gasteiger partial charge in [0.1, 0.15) is 0 Å². The number of aromatic nitrogens is 2. The summed E-state index contributed by atoms with van der Waals surface area (Å²) in [7, 11) is 0. The van der Waals surface area contributed by atoms with Crippen molar-refractivity contribution in [3.63, 3.8) is 0 Å². The van der Waals surface area contributed by atoms with Gasteiger partial charge in [-0.1, -0.05) is 23.8 Å². The quantitative estimate of drug-likeness (QED) is 0.738. The zero-order chi connectivity index (χ0) is 19.4. The minimum atomic E-state index is -0.449. The fourth-order valence-corrected chi connectivity index (χ4v) is 2.98. The molecule has 2 aromatic rings. The molecule has 1 N–H and O–H groups in total. The van der Waals surface area contributed by atoms with Gasteiger partial charge < -0.3 is 10.1 Å².